The fourth-order valence-corrected chi connectivity index (χ4v) is 1.64. The number of primary amides is 1. The van der Waals surface area contributed by atoms with E-state index in [9.17, 15) is 18.4 Å². The molecule has 0 saturated carbocycles. The van der Waals surface area contributed by atoms with Gasteiger partial charge in [0.15, 0.2) is 0 Å². The van der Waals surface area contributed by atoms with Crippen LogP contribution in [0.25, 0.3) is 0 Å². The number of nitrogens with one attached hydrogen (secondary N) is 1. The van der Waals surface area contributed by atoms with Crippen LogP contribution in [0.15, 0.2) is 18.2 Å². The van der Waals surface area contributed by atoms with Gasteiger partial charge in [0.05, 0.1) is 0 Å². The maximum Gasteiger partial charge on any atom is 0.252 e. The molecule has 104 valence electrons. The van der Waals surface area contributed by atoms with E-state index in [0.717, 1.165) is 12.1 Å². The first-order valence-corrected chi connectivity index (χ1v) is 5.91. The first-order valence-electron chi connectivity index (χ1n) is 5.91. The molecule has 0 aliphatic carbocycles. The molecule has 2 atom stereocenters. The van der Waals surface area contributed by atoms with Crippen molar-refractivity contribution in [1.29, 1.82) is 0 Å². The topological polar surface area (TPSA) is 72.2 Å². The van der Waals surface area contributed by atoms with Crippen molar-refractivity contribution >= 4 is 11.8 Å². The molecule has 0 saturated heterocycles. The standard InChI is InChI=1S/C13H16F2N2O2/c1-3-7(2)11(12(16)18)17-13(19)8-4-9(14)6-10(15)5-8/h4-7,11H,3H2,1-2H3,(H2,16,18)(H,17,19)/t7-,11+/m1/s1. The van der Waals surface area contributed by atoms with E-state index in [1.807, 2.05) is 6.92 Å². The molecule has 19 heavy (non-hydrogen) atoms. The second-order valence-corrected chi connectivity index (χ2v) is 4.40. The molecule has 2 amide bonds. The summed E-state index contributed by atoms with van der Waals surface area (Å²) < 4.78 is 26.0. The van der Waals surface area contributed by atoms with Crippen molar-refractivity contribution in [3.63, 3.8) is 0 Å². The van der Waals surface area contributed by atoms with Crippen LogP contribution in [0, 0.1) is 17.6 Å². The van der Waals surface area contributed by atoms with E-state index in [4.69, 9.17) is 5.73 Å². The Labute approximate surface area is 110 Å². The lowest BCUT2D eigenvalue weighted by molar-refractivity contribution is -0.120. The van der Waals surface area contributed by atoms with Crippen molar-refractivity contribution in [1.82, 2.24) is 5.32 Å². The van der Waals surface area contributed by atoms with Crippen molar-refractivity contribution in [2.75, 3.05) is 0 Å². The van der Waals surface area contributed by atoms with Crippen molar-refractivity contribution in [3.05, 3.63) is 35.4 Å². The number of nitrogens with two attached hydrogens (primary N) is 1. The summed E-state index contributed by atoms with van der Waals surface area (Å²) in [4.78, 5) is 23.1. The second-order valence-electron chi connectivity index (χ2n) is 4.40. The molecule has 0 bridgehead atoms. The highest BCUT2D eigenvalue weighted by atomic mass is 19.1. The van der Waals surface area contributed by atoms with Gasteiger partial charge >= 0.3 is 0 Å². The normalized spacial score (nSPS) is 13.7. The predicted molar refractivity (Wildman–Crippen MR) is 66.3 cm³/mol. The molecule has 0 spiro atoms. The minimum absolute atomic E-state index is 0.167. The van der Waals surface area contributed by atoms with E-state index in [1.165, 1.54) is 0 Å². The number of amides is 2. The van der Waals surface area contributed by atoms with Crippen LogP contribution in [0.3, 0.4) is 0 Å². The Balaban J connectivity index is 2.90. The van der Waals surface area contributed by atoms with Gasteiger partial charge in [-0.25, -0.2) is 8.78 Å². The van der Waals surface area contributed by atoms with Crippen molar-refractivity contribution < 1.29 is 18.4 Å². The summed E-state index contributed by atoms with van der Waals surface area (Å²) in [6.07, 6.45) is 0.630. The third-order valence-electron chi connectivity index (χ3n) is 2.93. The Morgan fingerprint density at radius 3 is 2.21 bits per heavy atom. The summed E-state index contributed by atoms with van der Waals surface area (Å²) in [6.45, 7) is 3.59. The first kappa shape index (κ1) is 15.1. The molecule has 4 nitrogen and oxygen atoms in total. The average molecular weight is 270 g/mol. The lowest BCUT2D eigenvalue weighted by atomic mass is 9.98. The molecule has 0 radical (unpaired) electrons. The predicted octanol–water partition coefficient (Wildman–Crippen LogP) is 1.59. The lowest BCUT2D eigenvalue weighted by Crippen LogP contribution is -2.48. The van der Waals surface area contributed by atoms with Gasteiger partial charge in [-0.15, -0.1) is 0 Å². The summed E-state index contributed by atoms with van der Waals surface area (Å²) in [6, 6.07) is 1.58. The summed E-state index contributed by atoms with van der Waals surface area (Å²) in [7, 11) is 0. The van der Waals surface area contributed by atoms with Gasteiger partial charge in [-0.1, -0.05) is 20.3 Å². The Bertz CT molecular complexity index is 471. The van der Waals surface area contributed by atoms with Gasteiger partial charge in [0.25, 0.3) is 5.91 Å². The molecule has 0 heterocycles. The third-order valence-corrected chi connectivity index (χ3v) is 2.93. The fraction of sp³-hybridized carbons (Fsp3) is 0.385. The van der Waals surface area contributed by atoms with Crippen molar-refractivity contribution in [2.45, 2.75) is 26.3 Å². The van der Waals surface area contributed by atoms with E-state index in [2.05, 4.69) is 5.32 Å². The Hall–Kier alpha value is -1.98. The van der Waals surface area contributed by atoms with Gasteiger partial charge in [0.2, 0.25) is 5.91 Å². The van der Waals surface area contributed by atoms with Gasteiger partial charge in [0, 0.05) is 11.6 Å². The minimum Gasteiger partial charge on any atom is -0.368 e. The minimum atomic E-state index is -0.871. The van der Waals surface area contributed by atoms with Gasteiger partial charge in [-0.3, -0.25) is 9.59 Å². The molecule has 0 aromatic heterocycles. The van der Waals surface area contributed by atoms with E-state index < -0.39 is 29.5 Å². The van der Waals surface area contributed by atoms with Crippen LogP contribution >= 0.6 is 0 Å². The van der Waals surface area contributed by atoms with E-state index in [-0.39, 0.29) is 11.5 Å². The van der Waals surface area contributed by atoms with Gasteiger partial charge < -0.3 is 11.1 Å². The molecule has 1 rings (SSSR count). The maximum atomic E-state index is 13.0. The van der Waals surface area contributed by atoms with Crippen LogP contribution in [0.4, 0.5) is 8.78 Å². The molecular weight excluding hydrogens is 254 g/mol. The largest absolute Gasteiger partial charge is 0.368 e. The molecule has 0 unspecified atom stereocenters. The van der Waals surface area contributed by atoms with Crippen molar-refractivity contribution in [3.8, 4) is 0 Å². The number of carbonyl (C=O) groups excluding carboxylic acids is 2. The number of hydrogen-bond donors (Lipinski definition) is 2. The number of hydrogen-bond acceptors (Lipinski definition) is 2. The third kappa shape index (κ3) is 4.01. The summed E-state index contributed by atoms with van der Waals surface area (Å²) in [5.41, 5.74) is 5.01. The molecule has 3 N–H and O–H groups in total. The zero-order valence-corrected chi connectivity index (χ0v) is 10.7. The van der Waals surface area contributed by atoms with E-state index in [1.54, 1.807) is 6.92 Å². The second kappa shape index (κ2) is 6.26. The Morgan fingerprint density at radius 1 is 1.26 bits per heavy atom. The summed E-state index contributed by atoms with van der Waals surface area (Å²) in [5.74, 6) is -3.30. The van der Waals surface area contributed by atoms with Gasteiger partial charge in [-0.2, -0.15) is 0 Å². The van der Waals surface area contributed by atoms with Crippen molar-refractivity contribution in [2.24, 2.45) is 11.7 Å². The average Bonchev–Trinajstić information content (AvgIpc) is 2.33. The number of halogens is 2. The zero-order chi connectivity index (χ0) is 14.6. The maximum absolute atomic E-state index is 13.0. The van der Waals surface area contributed by atoms with Crippen LogP contribution in [0.1, 0.15) is 30.6 Å². The van der Waals surface area contributed by atoms with Crippen LogP contribution in [0.2, 0.25) is 0 Å². The monoisotopic (exact) mass is 270 g/mol. The fourth-order valence-electron chi connectivity index (χ4n) is 1.64. The molecular formula is C13H16F2N2O2. The summed E-state index contributed by atoms with van der Waals surface area (Å²) in [5, 5.41) is 2.39. The smallest absolute Gasteiger partial charge is 0.252 e. The van der Waals surface area contributed by atoms with E-state index >= 15 is 0 Å². The molecule has 0 aliphatic rings. The van der Waals surface area contributed by atoms with E-state index in [0.29, 0.717) is 12.5 Å². The van der Waals surface area contributed by atoms with Crippen LogP contribution in [-0.2, 0) is 4.79 Å². The first-order chi connectivity index (χ1) is 8.85. The molecule has 1 aromatic carbocycles. The quantitative estimate of drug-likeness (QED) is 0.853. The van der Waals surface area contributed by atoms with Crippen LogP contribution in [-0.4, -0.2) is 17.9 Å². The van der Waals surface area contributed by atoms with Gasteiger partial charge in [-0.05, 0) is 18.1 Å². The number of carbonyl (C=O) groups is 2. The SMILES string of the molecule is CC[C@@H](C)[C@H](NC(=O)c1cc(F)cc(F)c1)C(N)=O. The molecule has 0 aliphatic heterocycles. The highest BCUT2D eigenvalue weighted by Crippen LogP contribution is 2.11. The highest BCUT2D eigenvalue weighted by Gasteiger charge is 2.24. The van der Waals surface area contributed by atoms with Gasteiger partial charge in [0.1, 0.15) is 17.7 Å². The summed E-state index contributed by atoms with van der Waals surface area (Å²) >= 11 is 0. The molecule has 6 heteroatoms. The molecule has 1 aromatic rings. The van der Waals surface area contributed by atoms with Crippen LogP contribution in [0.5, 0.6) is 0 Å². The lowest BCUT2D eigenvalue weighted by Gasteiger charge is -2.21. The molecule has 0 fully saturated rings. The number of benzene rings is 1. The van der Waals surface area contributed by atoms with Crippen LogP contribution < -0.4 is 11.1 Å². The Morgan fingerprint density at radius 2 is 1.79 bits per heavy atom. The number of rotatable bonds is 5. The highest BCUT2D eigenvalue weighted by molar-refractivity contribution is 5.97. The zero-order valence-electron chi connectivity index (χ0n) is 10.7. The Kier molecular flexibility index (Phi) is 4.97.